The van der Waals surface area contributed by atoms with Gasteiger partial charge in [-0.25, -0.2) is 32.2 Å². The summed E-state index contributed by atoms with van der Waals surface area (Å²) in [7, 11) is -3.71. The number of anilines is 3. The van der Waals surface area contributed by atoms with Crippen LogP contribution in [0.5, 0.6) is 0 Å². The number of aromatic nitrogens is 3. The molecule has 0 atom stereocenters. The third kappa shape index (κ3) is 5.35. The molecule has 0 spiro atoms. The van der Waals surface area contributed by atoms with Gasteiger partial charge in [0.15, 0.2) is 0 Å². The Balaban J connectivity index is 1.43. The maximum Gasteiger partial charge on any atom is 0.218 e. The van der Waals surface area contributed by atoms with Gasteiger partial charge in [0.2, 0.25) is 10.0 Å². The number of nitrogens with one attached hydrogen (secondary N) is 1. The predicted octanol–water partition coefficient (Wildman–Crippen LogP) is 2.85. The van der Waals surface area contributed by atoms with Crippen LogP contribution in [0.15, 0.2) is 48.7 Å². The highest BCUT2D eigenvalue weighted by molar-refractivity contribution is 7.88. The molecule has 1 aromatic carbocycles. The van der Waals surface area contributed by atoms with Crippen LogP contribution in [0.1, 0.15) is 11.4 Å². The Morgan fingerprint density at radius 2 is 1.69 bits per heavy atom. The number of piperazine rings is 1. The van der Waals surface area contributed by atoms with Gasteiger partial charge in [-0.15, -0.1) is 0 Å². The molecule has 2 aromatic heterocycles. The van der Waals surface area contributed by atoms with E-state index >= 15 is 0 Å². The minimum Gasteiger partial charge on any atom is -0.354 e. The second-order valence-corrected chi connectivity index (χ2v) is 9.39. The molecule has 4 rings (SSSR count). The lowest BCUT2D eigenvalue weighted by atomic mass is 10.2. The molecule has 32 heavy (non-hydrogen) atoms. The molecule has 168 valence electrons. The fraction of sp³-hybridized carbons (Fsp3) is 0.286. The Morgan fingerprint density at radius 3 is 2.34 bits per heavy atom. The lowest BCUT2D eigenvalue weighted by molar-refractivity contribution is 0.383. The summed E-state index contributed by atoms with van der Waals surface area (Å²) in [6, 6.07) is 10.1. The van der Waals surface area contributed by atoms with Crippen molar-refractivity contribution in [3.8, 4) is 0 Å². The number of aryl methyl sites for hydroxylation is 1. The van der Waals surface area contributed by atoms with E-state index < -0.39 is 27.4 Å². The van der Waals surface area contributed by atoms with Crippen LogP contribution < -0.4 is 10.2 Å². The first-order valence-electron chi connectivity index (χ1n) is 10.00. The van der Waals surface area contributed by atoms with Crippen LogP contribution in [-0.4, -0.2) is 53.9 Å². The zero-order valence-electron chi connectivity index (χ0n) is 17.4. The van der Waals surface area contributed by atoms with Crippen LogP contribution in [0.25, 0.3) is 0 Å². The van der Waals surface area contributed by atoms with E-state index in [0.717, 1.165) is 18.2 Å². The first-order valence-corrected chi connectivity index (χ1v) is 11.6. The van der Waals surface area contributed by atoms with Gasteiger partial charge in [-0.05, 0) is 36.8 Å². The normalized spacial score (nSPS) is 15.0. The molecule has 8 nitrogen and oxygen atoms in total. The molecule has 0 aliphatic carbocycles. The molecule has 3 aromatic rings. The van der Waals surface area contributed by atoms with Crippen LogP contribution >= 0.6 is 0 Å². The SMILES string of the molecule is Cc1nc(Nc2ccccn2)cc(N2CCN(S(=O)(=O)Cc3cc(F)cc(F)c3)CC2)n1. The third-order valence-electron chi connectivity index (χ3n) is 4.97. The maximum atomic E-state index is 13.4. The van der Waals surface area contributed by atoms with E-state index in [1.54, 1.807) is 19.2 Å². The van der Waals surface area contributed by atoms with Gasteiger partial charge >= 0.3 is 0 Å². The highest BCUT2D eigenvalue weighted by Crippen LogP contribution is 2.22. The van der Waals surface area contributed by atoms with Crippen molar-refractivity contribution in [3.63, 3.8) is 0 Å². The zero-order valence-corrected chi connectivity index (χ0v) is 18.2. The van der Waals surface area contributed by atoms with Gasteiger partial charge in [0.05, 0.1) is 5.75 Å². The molecule has 0 bridgehead atoms. The van der Waals surface area contributed by atoms with Crippen LogP contribution in [0.2, 0.25) is 0 Å². The van der Waals surface area contributed by atoms with Crippen molar-refractivity contribution in [3.05, 3.63) is 71.7 Å². The Hall–Kier alpha value is -3.18. The molecule has 0 radical (unpaired) electrons. The first kappa shape index (κ1) is 22.0. The maximum absolute atomic E-state index is 13.4. The average Bonchev–Trinajstić information content (AvgIpc) is 2.73. The molecule has 1 fully saturated rings. The summed E-state index contributed by atoms with van der Waals surface area (Å²) in [6.07, 6.45) is 1.68. The number of halogens is 2. The molecule has 1 saturated heterocycles. The Morgan fingerprint density at radius 1 is 0.969 bits per heavy atom. The zero-order chi connectivity index (χ0) is 22.7. The Kier molecular flexibility index (Phi) is 6.28. The van der Waals surface area contributed by atoms with Gasteiger partial charge in [0, 0.05) is 44.5 Å². The monoisotopic (exact) mass is 460 g/mol. The van der Waals surface area contributed by atoms with E-state index in [2.05, 4.69) is 20.3 Å². The summed E-state index contributed by atoms with van der Waals surface area (Å²) in [5.74, 6) is 0.454. The van der Waals surface area contributed by atoms with Gasteiger partial charge in [0.25, 0.3) is 0 Å². The fourth-order valence-corrected chi connectivity index (χ4v) is 5.03. The fourth-order valence-electron chi connectivity index (χ4n) is 3.54. The van der Waals surface area contributed by atoms with E-state index in [1.165, 1.54) is 4.31 Å². The second kappa shape index (κ2) is 9.13. The number of nitrogens with zero attached hydrogens (tertiary/aromatic N) is 5. The lowest BCUT2D eigenvalue weighted by Crippen LogP contribution is -2.49. The first-order chi connectivity index (χ1) is 15.3. The lowest BCUT2D eigenvalue weighted by Gasteiger charge is -2.34. The summed E-state index contributed by atoms with van der Waals surface area (Å²) in [5.41, 5.74) is 0.0848. The van der Waals surface area contributed by atoms with Crippen molar-refractivity contribution in [2.45, 2.75) is 12.7 Å². The summed E-state index contributed by atoms with van der Waals surface area (Å²) in [4.78, 5) is 15.1. The summed E-state index contributed by atoms with van der Waals surface area (Å²) in [6.45, 7) is 3.12. The van der Waals surface area contributed by atoms with Crippen LogP contribution in [0.3, 0.4) is 0 Å². The molecule has 1 aliphatic rings. The Bertz CT molecular complexity index is 1180. The van der Waals surface area contributed by atoms with Crippen molar-refractivity contribution in [1.29, 1.82) is 0 Å². The number of hydrogen-bond donors (Lipinski definition) is 1. The summed E-state index contributed by atoms with van der Waals surface area (Å²) in [5, 5.41) is 3.14. The van der Waals surface area contributed by atoms with Crippen molar-refractivity contribution in [2.75, 3.05) is 36.4 Å². The van der Waals surface area contributed by atoms with E-state index in [-0.39, 0.29) is 18.7 Å². The summed E-state index contributed by atoms with van der Waals surface area (Å²) < 4.78 is 53.7. The van der Waals surface area contributed by atoms with Crippen molar-refractivity contribution in [1.82, 2.24) is 19.3 Å². The highest BCUT2D eigenvalue weighted by Gasteiger charge is 2.28. The number of benzene rings is 1. The second-order valence-electron chi connectivity index (χ2n) is 7.42. The minimum absolute atomic E-state index is 0.0848. The van der Waals surface area contributed by atoms with Gasteiger partial charge in [-0.2, -0.15) is 4.31 Å². The molecular formula is C21H22F2N6O2S. The minimum atomic E-state index is -3.71. The molecule has 0 unspecified atom stereocenters. The van der Waals surface area contributed by atoms with E-state index in [9.17, 15) is 17.2 Å². The largest absolute Gasteiger partial charge is 0.354 e. The topological polar surface area (TPSA) is 91.3 Å². The predicted molar refractivity (Wildman–Crippen MR) is 117 cm³/mol. The average molecular weight is 461 g/mol. The molecule has 0 saturated carbocycles. The summed E-state index contributed by atoms with van der Waals surface area (Å²) >= 11 is 0. The van der Waals surface area contributed by atoms with Gasteiger partial charge in [-0.3, -0.25) is 0 Å². The molecule has 0 amide bonds. The van der Waals surface area contributed by atoms with E-state index in [0.29, 0.717) is 36.4 Å². The van der Waals surface area contributed by atoms with Crippen molar-refractivity contribution < 1.29 is 17.2 Å². The molecule has 11 heteroatoms. The number of rotatable bonds is 6. The van der Waals surface area contributed by atoms with Gasteiger partial charge in [-0.1, -0.05) is 6.07 Å². The van der Waals surface area contributed by atoms with Gasteiger partial charge < -0.3 is 10.2 Å². The third-order valence-corrected chi connectivity index (χ3v) is 6.82. The number of pyridine rings is 1. The standard InChI is InChI=1S/C21H22F2N6O2S/c1-15-25-20(27-19-4-2-3-5-24-19)13-21(26-15)28-6-8-29(9-7-28)32(30,31)14-16-10-17(22)12-18(23)11-16/h2-5,10-13H,6-9,14H2,1H3,(H,24,25,26,27). The quantitative estimate of drug-likeness (QED) is 0.605. The van der Waals surface area contributed by atoms with Crippen molar-refractivity contribution in [2.24, 2.45) is 0 Å². The molecular weight excluding hydrogens is 438 g/mol. The number of sulfonamides is 1. The smallest absolute Gasteiger partial charge is 0.218 e. The Labute approximate surface area is 185 Å². The van der Waals surface area contributed by atoms with Crippen LogP contribution in [0, 0.1) is 18.6 Å². The van der Waals surface area contributed by atoms with Crippen LogP contribution in [0.4, 0.5) is 26.2 Å². The molecule has 1 aliphatic heterocycles. The van der Waals surface area contributed by atoms with E-state index in [4.69, 9.17) is 0 Å². The van der Waals surface area contributed by atoms with Crippen molar-refractivity contribution >= 4 is 27.5 Å². The molecule has 1 N–H and O–H groups in total. The number of hydrogen-bond acceptors (Lipinski definition) is 7. The highest BCUT2D eigenvalue weighted by atomic mass is 32.2. The van der Waals surface area contributed by atoms with E-state index in [1.807, 2.05) is 23.1 Å². The molecule has 3 heterocycles. The van der Waals surface area contributed by atoms with Crippen LogP contribution in [-0.2, 0) is 15.8 Å². The van der Waals surface area contributed by atoms with Gasteiger partial charge in [0.1, 0.15) is 34.9 Å².